The van der Waals surface area contributed by atoms with Crippen molar-refractivity contribution in [3.63, 3.8) is 0 Å². The predicted octanol–water partition coefficient (Wildman–Crippen LogP) is 3.41. The molecule has 0 saturated carbocycles. The Bertz CT molecular complexity index is 463. The van der Waals surface area contributed by atoms with Crippen molar-refractivity contribution in [3.05, 3.63) is 29.3 Å². The van der Waals surface area contributed by atoms with Gasteiger partial charge in [-0.25, -0.2) is 0 Å². The van der Waals surface area contributed by atoms with Crippen LogP contribution in [0.5, 0.6) is 5.75 Å². The zero-order chi connectivity index (χ0) is 15.3. The van der Waals surface area contributed by atoms with Crippen LogP contribution in [0.1, 0.15) is 24.0 Å². The lowest BCUT2D eigenvalue weighted by Crippen LogP contribution is -2.08. The second-order valence-electron chi connectivity index (χ2n) is 4.52. The Morgan fingerprint density at radius 1 is 1.14 bits per heavy atom. The average molecular weight is 311 g/mol. The molecular formula is C17H23ClO3. The molecule has 0 heterocycles. The lowest BCUT2D eigenvalue weighted by molar-refractivity contribution is 0.0806. The van der Waals surface area contributed by atoms with Crippen LogP contribution in [0.25, 0.3) is 0 Å². The maximum absolute atomic E-state index is 5.65. The molecule has 1 rings (SSSR count). The van der Waals surface area contributed by atoms with Crippen LogP contribution in [-0.4, -0.2) is 39.4 Å². The molecule has 1 aromatic rings. The van der Waals surface area contributed by atoms with Gasteiger partial charge in [0.1, 0.15) is 12.4 Å². The van der Waals surface area contributed by atoms with Crippen molar-refractivity contribution in [2.45, 2.75) is 19.8 Å². The summed E-state index contributed by atoms with van der Waals surface area (Å²) in [6.45, 7) is 4.58. The first-order valence-corrected chi connectivity index (χ1v) is 7.66. The van der Waals surface area contributed by atoms with Crippen molar-refractivity contribution >= 4 is 11.6 Å². The van der Waals surface area contributed by atoms with Crippen molar-refractivity contribution in [1.82, 2.24) is 0 Å². The third-order valence-corrected chi connectivity index (χ3v) is 2.96. The highest BCUT2D eigenvalue weighted by Crippen LogP contribution is 2.16. The minimum absolute atomic E-state index is 0.545. The average Bonchev–Trinajstić information content (AvgIpc) is 2.48. The van der Waals surface area contributed by atoms with Crippen molar-refractivity contribution in [3.8, 4) is 17.6 Å². The van der Waals surface area contributed by atoms with Gasteiger partial charge >= 0.3 is 0 Å². The SMILES string of the molecule is COCCCOCCOc1ccc(C#CCCCl)c(C)c1. The van der Waals surface area contributed by atoms with E-state index in [1.54, 1.807) is 7.11 Å². The van der Waals surface area contributed by atoms with Crippen LogP contribution in [0.3, 0.4) is 0 Å². The molecule has 4 heteroatoms. The normalized spacial score (nSPS) is 10.0. The fraction of sp³-hybridized carbons (Fsp3) is 0.529. The summed E-state index contributed by atoms with van der Waals surface area (Å²) < 4.78 is 16.0. The van der Waals surface area contributed by atoms with Gasteiger partial charge in [-0.2, -0.15) is 0 Å². The van der Waals surface area contributed by atoms with Crippen molar-refractivity contribution in [2.75, 3.05) is 39.4 Å². The van der Waals surface area contributed by atoms with E-state index in [4.69, 9.17) is 25.8 Å². The summed E-state index contributed by atoms with van der Waals surface area (Å²) in [6, 6.07) is 5.91. The molecule has 0 bridgehead atoms. The zero-order valence-corrected chi connectivity index (χ0v) is 13.5. The second-order valence-corrected chi connectivity index (χ2v) is 4.90. The van der Waals surface area contributed by atoms with Gasteiger partial charge in [0.2, 0.25) is 0 Å². The van der Waals surface area contributed by atoms with Gasteiger partial charge in [-0.05, 0) is 37.1 Å². The van der Waals surface area contributed by atoms with Crippen molar-refractivity contribution in [2.24, 2.45) is 0 Å². The Morgan fingerprint density at radius 3 is 2.71 bits per heavy atom. The number of halogens is 1. The standard InChI is InChI=1S/C17H23ClO3/c1-15-14-17(8-7-16(15)6-3-4-9-18)21-13-12-20-11-5-10-19-2/h7-8,14H,4-5,9-13H2,1-2H3. The number of benzene rings is 1. The molecule has 0 aromatic heterocycles. The summed E-state index contributed by atoms with van der Waals surface area (Å²) in [5.74, 6) is 7.56. The first-order valence-electron chi connectivity index (χ1n) is 7.13. The van der Waals surface area contributed by atoms with E-state index >= 15 is 0 Å². The summed E-state index contributed by atoms with van der Waals surface area (Å²) >= 11 is 5.60. The van der Waals surface area contributed by atoms with E-state index in [-0.39, 0.29) is 0 Å². The van der Waals surface area contributed by atoms with E-state index in [1.807, 2.05) is 25.1 Å². The van der Waals surface area contributed by atoms with Crippen molar-refractivity contribution < 1.29 is 14.2 Å². The number of aryl methyl sites for hydroxylation is 1. The molecule has 0 radical (unpaired) electrons. The van der Waals surface area contributed by atoms with Gasteiger partial charge in [-0.15, -0.1) is 11.6 Å². The van der Waals surface area contributed by atoms with Crippen LogP contribution in [0.2, 0.25) is 0 Å². The van der Waals surface area contributed by atoms with Crippen LogP contribution in [0, 0.1) is 18.8 Å². The first kappa shape index (κ1) is 17.8. The molecule has 1 aromatic carbocycles. The molecule has 0 N–H and O–H groups in total. The minimum Gasteiger partial charge on any atom is -0.491 e. The van der Waals surface area contributed by atoms with E-state index in [9.17, 15) is 0 Å². The molecule has 0 spiro atoms. The monoisotopic (exact) mass is 310 g/mol. The number of hydrogen-bond acceptors (Lipinski definition) is 3. The van der Waals surface area contributed by atoms with E-state index in [1.165, 1.54) is 0 Å². The number of methoxy groups -OCH3 is 1. The minimum atomic E-state index is 0.545. The number of alkyl halides is 1. The Kier molecular flexibility index (Phi) is 9.73. The lowest BCUT2D eigenvalue weighted by atomic mass is 10.1. The Balaban J connectivity index is 2.30. The highest BCUT2D eigenvalue weighted by Gasteiger charge is 1.99. The van der Waals surface area contributed by atoms with Gasteiger partial charge in [-0.3, -0.25) is 0 Å². The van der Waals surface area contributed by atoms with E-state index < -0.39 is 0 Å². The van der Waals surface area contributed by atoms with E-state index in [2.05, 4.69) is 11.8 Å². The third-order valence-electron chi connectivity index (χ3n) is 2.77. The molecule has 0 amide bonds. The molecule has 0 saturated heterocycles. The lowest BCUT2D eigenvalue weighted by Gasteiger charge is -2.08. The Hall–Kier alpha value is -1.21. The largest absolute Gasteiger partial charge is 0.491 e. The van der Waals surface area contributed by atoms with Gasteiger partial charge in [0, 0.05) is 38.2 Å². The third kappa shape index (κ3) is 7.96. The van der Waals surface area contributed by atoms with Crippen LogP contribution < -0.4 is 4.74 Å². The van der Waals surface area contributed by atoms with Gasteiger partial charge in [0.25, 0.3) is 0 Å². The quantitative estimate of drug-likeness (QED) is 0.397. The topological polar surface area (TPSA) is 27.7 Å². The van der Waals surface area contributed by atoms with Crippen LogP contribution in [0.4, 0.5) is 0 Å². The van der Waals surface area contributed by atoms with Crippen molar-refractivity contribution in [1.29, 1.82) is 0 Å². The molecule has 21 heavy (non-hydrogen) atoms. The highest BCUT2D eigenvalue weighted by molar-refractivity contribution is 6.18. The molecule has 116 valence electrons. The van der Waals surface area contributed by atoms with E-state index in [0.29, 0.717) is 32.1 Å². The summed E-state index contributed by atoms with van der Waals surface area (Å²) in [5, 5.41) is 0. The summed E-state index contributed by atoms with van der Waals surface area (Å²) in [5.41, 5.74) is 2.12. The fourth-order valence-electron chi connectivity index (χ4n) is 1.70. The molecule has 0 aliphatic carbocycles. The number of ether oxygens (including phenoxy) is 3. The Morgan fingerprint density at radius 2 is 2.00 bits per heavy atom. The van der Waals surface area contributed by atoms with Crippen LogP contribution >= 0.6 is 11.6 Å². The van der Waals surface area contributed by atoms with Gasteiger partial charge in [0.05, 0.1) is 6.61 Å². The second kappa shape index (κ2) is 11.4. The van der Waals surface area contributed by atoms with Gasteiger partial charge < -0.3 is 14.2 Å². The van der Waals surface area contributed by atoms with E-state index in [0.717, 1.165) is 29.9 Å². The number of hydrogen-bond donors (Lipinski definition) is 0. The van der Waals surface area contributed by atoms with Gasteiger partial charge in [-0.1, -0.05) is 11.8 Å². The molecule has 0 unspecified atom stereocenters. The summed E-state index contributed by atoms with van der Waals surface area (Å²) in [6.07, 6.45) is 1.62. The van der Waals surface area contributed by atoms with Crippen LogP contribution in [-0.2, 0) is 9.47 Å². The fourth-order valence-corrected chi connectivity index (χ4v) is 1.79. The highest BCUT2D eigenvalue weighted by atomic mass is 35.5. The number of rotatable bonds is 9. The molecular weight excluding hydrogens is 288 g/mol. The maximum Gasteiger partial charge on any atom is 0.119 e. The zero-order valence-electron chi connectivity index (χ0n) is 12.8. The molecule has 3 nitrogen and oxygen atoms in total. The summed E-state index contributed by atoms with van der Waals surface area (Å²) in [7, 11) is 1.69. The Labute approximate surface area is 132 Å². The predicted molar refractivity (Wildman–Crippen MR) is 86.2 cm³/mol. The molecule has 0 fully saturated rings. The van der Waals surface area contributed by atoms with Crippen LogP contribution in [0.15, 0.2) is 18.2 Å². The summed E-state index contributed by atoms with van der Waals surface area (Å²) in [4.78, 5) is 0. The smallest absolute Gasteiger partial charge is 0.119 e. The maximum atomic E-state index is 5.65. The first-order chi connectivity index (χ1) is 10.3. The molecule has 0 atom stereocenters. The molecule has 0 aliphatic rings. The molecule has 0 aliphatic heterocycles. The van der Waals surface area contributed by atoms with Gasteiger partial charge in [0.15, 0.2) is 0 Å².